The van der Waals surface area contributed by atoms with Gasteiger partial charge in [0.25, 0.3) is 0 Å². The number of nitrogens with zero attached hydrogens (tertiary/aromatic N) is 2. The molecular weight excluding hydrogens is 357 g/mol. The first-order valence-electron chi connectivity index (χ1n) is 7.68. The third kappa shape index (κ3) is 6.12. The van der Waals surface area contributed by atoms with Crippen molar-refractivity contribution in [1.29, 1.82) is 0 Å². The highest BCUT2D eigenvalue weighted by atomic mass is 35.5. The number of nitrogens with two attached hydrogens (primary N) is 1. The minimum Gasteiger partial charge on any atom is -0.336 e. The normalized spacial score (nSPS) is 16.0. The summed E-state index contributed by atoms with van der Waals surface area (Å²) in [5.41, 5.74) is 6.74. The third-order valence-electron chi connectivity index (χ3n) is 3.94. The Bertz CT molecular complexity index is 519. The lowest BCUT2D eigenvalue weighted by Gasteiger charge is -2.27. The van der Waals surface area contributed by atoms with Crippen molar-refractivity contribution >= 4 is 41.5 Å². The van der Waals surface area contributed by atoms with Crippen molar-refractivity contribution in [3.8, 4) is 0 Å². The van der Waals surface area contributed by atoms with Gasteiger partial charge in [0, 0.05) is 19.6 Å². The van der Waals surface area contributed by atoms with Crippen molar-refractivity contribution in [2.45, 2.75) is 32.4 Å². The van der Waals surface area contributed by atoms with Gasteiger partial charge < -0.3 is 15.5 Å². The maximum Gasteiger partial charge on any atom is 0.239 e. The molecule has 0 radical (unpaired) electrons. The Morgan fingerprint density at radius 1 is 1.30 bits per heavy atom. The Balaban J connectivity index is 0.00000264. The van der Waals surface area contributed by atoms with Crippen LogP contribution in [0.25, 0.3) is 0 Å². The predicted octanol–water partition coefficient (Wildman–Crippen LogP) is 3.19. The average molecular weight is 381 g/mol. The number of carbonyl (C=O) groups is 1. The quantitative estimate of drug-likeness (QED) is 0.824. The van der Waals surface area contributed by atoms with Gasteiger partial charge >= 0.3 is 0 Å². The van der Waals surface area contributed by atoms with Gasteiger partial charge in [-0.3, -0.25) is 4.79 Å². The van der Waals surface area contributed by atoms with Crippen LogP contribution in [0.2, 0.25) is 10.0 Å². The van der Waals surface area contributed by atoms with Gasteiger partial charge in [0.15, 0.2) is 0 Å². The van der Waals surface area contributed by atoms with E-state index < -0.39 is 6.04 Å². The number of amides is 1. The van der Waals surface area contributed by atoms with E-state index in [9.17, 15) is 4.79 Å². The Labute approximate surface area is 154 Å². The zero-order valence-corrected chi connectivity index (χ0v) is 15.6. The number of benzene rings is 1. The van der Waals surface area contributed by atoms with Crippen LogP contribution in [0.15, 0.2) is 18.2 Å². The van der Waals surface area contributed by atoms with Crippen molar-refractivity contribution in [3.05, 3.63) is 33.8 Å². The average Bonchev–Trinajstić information content (AvgIpc) is 2.99. The van der Waals surface area contributed by atoms with Crippen molar-refractivity contribution in [3.63, 3.8) is 0 Å². The van der Waals surface area contributed by atoms with E-state index in [0.717, 1.165) is 25.2 Å². The van der Waals surface area contributed by atoms with Crippen LogP contribution in [0, 0.1) is 0 Å². The second kappa shape index (κ2) is 9.70. The molecule has 7 heteroatoms. The molecule has 1 aliphatic heterocycles. The number of carbonyl (C=O) groups excluding carboxylic acids is 1. The second-order valence-corrected chi connectivity index (χ2v) is 6.66. The van der Waals surface area contributed by atoms with E-state index in [1.807, 2.05) is 11.0 Å². The number of hydrogen-bond acceptors (Lipinski definition) is 3. The molecule has 2 N–H and O–H groups in total. The monoisotopic (exact) mass is 379 g/mol. The summed E-state index contributed by atoms with van der Waals surface area (Å²) in [4.78, 5) is 16.5. The van der Waals surface area contributed by atoms with Crippen LogP contribution in [0.5, 0.6) is 0 Å². The Kier molecular flexibility index (Phi) is 8.65. The molecule has 0 bridgehead atoms. The van der Waals surface area contributed by atoms with Gasteiger partial charge in [-0.2, -0.15) is 0 Å². The summed E-state index contributed by atoms with van der Waals surface area (Å²) in [7, 11) is 0. The van der Waals surface area contributed by atoms with Crippen molar-refractivity contribution < 1.29 is 4.79 Å². The molecule has 0 spiro atoms. The summed E-state index contributed by atoms with van der Waals surface area (Å²) < 4.78 is 0. The lowest BCUT2D eigenvalue weighted by molar-refractivity contribution is -0.133. The van der Waals surface area contributed by atoms with Gasteiger partial charge in [-0.15, -0.1) is 12.4 Å². The molecule has 1 heterocycles. The van der Waals surface area contributed by atoms with Crippen LogP contribution in [-0.2, 0) is 11.3 Å². The standard InChI is InChI=1S/C16H23Cl2N3O.ClH/c1-12(19)16(22)21(9-8-20-6-2-3-7-20)11-13-4-5-14(17)15(18)10-13;/h4-5,10,12H,2-3,6-9,11,19H2,1H3;1H. The molecule has 1 unspecified atom stereocenters. The molecule has 0 saturated carbocycles. The van der Waals surface area contributed by atoms with E-state index in [0.29, 0.717) is 23.1 Å². The highest BCUT2D eigenvalue weighted by molar-refractivity contribution is 6.42. The molecule has 1 atom stereocenters. The molecule has 4 nitrogen and oxygen atoms in total. The highest BCUT2D eigenvalue weighted by Crippen LogP contribution is 2.23. The molecule has 1 aromatic rings. The van der Waals surface area contributed by atoms with Gasteiger partial charge in [-0.05, 0) is 50.6 Å². The van der Waals surface area contributed by atoms with Crippen LogP contribution >= 0.6 is 35.6 Å². The maximum absolute atomic E-state index is 12.3. The van der Waals surface area contributed by atoms with Gasteiger partial charge in [0.05, 0.1) is 16.1 Å². The maximum atomic E-state index is 12.3. The first-order valence-corrected chi connectivity index (χ1v) is 8.43. The summed E-state index contributed by atoms with van der Waals surface area (Å²) in [6.45, 7) is 6.03. The van der Waals surface area contributed by atoms with Crippen molar-refractivity contribution in [2.24, 2.45) is 5.73 Å². The Morgan fingerprint density at radius 2 is 1.96 bits per heavy atom. The zero-order chi connectivity index (χ0) is 16.1. The van der Waals surface area contributed by atoms with E-state index in [1.165, 1.54) is 12.8 Å². The molecule has 23 heavy (non-hydrogen) atoms. The topological polar surface area (TPSA) is 49.6 Å². The number of likely N-dealkylation sites (tertiary alicyclic amines) is 1. The molecule has 1 amide bonds. The van der Waals surface area contributed by atoms with Gasteiger partial charge in [0.1, 0.15) is 0 Å². The Hall–Kier alpha value is -0.520. The van der Waals surface area contributed by atoms with Crippen LogP contribution < -0.4 is 5.73 Å². The fraction of sp³-hybridized carbons (Fsp3) is 0.562. The van der Waals surface area contributed by atoms with Crippen LogP contribution in [-0.4, -0.2) is 47.9 Å². The van der Waals surface area contributed by atoms with E-state index in [4.69, 9.17) is 28.9 Å². The minimum absolute atomic E-state index is 0. The fourth-order valence-electron chi connectivity index (χ4n) is 2.68. The summed E-state index contributed by atoms with van der Waals surface area (Å²) in [6.07, 6.45) is 2.49. The van der Waals surface area contributed by atoms with Gasteiger partial charge in [0.2, 0.25) is 5.91 Å². The minimum atomic E-state index is -0.499. The number of rotatable bonds is 6. The van der Waals surface area contributed by atoms with E-state index in [1.54, 1.807) is 19.1 Å². The highest BCUT2D eigenvalue weighted by Gasteiger charge is 2.20. The molecule has 1 fully saturated rings. The molecule has 1 aromatic carbocycles. The van der Waals surface area contributed by atoms with E-state index >= 15 is 0 Å². The number of halogens is 3. The first-order chi connectivity index (χ1) is 10.5. The summed E-state index contributed by atoms with van der Waals surface area (Å²) in [6, 6.07) is 4.96. The lowest BCUT2D eigenvalue weighted by Crippen LogP contribution is -2.44. The summed E-state index contributed by atoms with van der Waals surface area (Å²) >= 11 is 12.0. The lowest BCUT2D eigenvalue weighted by atomic mass is 10.2. The number of hydrogen-bond donors (Lipinski definition) is 1. The van der Waals surface area contributed by atoms with Gasteiger partial charge in [-0.1, -0.05) is 29.3 Å². The SMILES string of the molecule is CC(N)C(=O)N(CCN1CCCC1)Cc1ccc(Cl)c(Cl)c1.Cl. The van der Waals surface area contributed by atoms with Crippen molar-refractivity contribution in [2.75, 3.05) is 26.2 Å². The predicted molar refractivity (Wildman–Crippen MR) is 98.5 cm³/mol. The van der Waals surface area contributed by atoms with Crippen LogP contribution in [0.1, 0.15) is 25.3 Å². The summed E-state index contributed by atoms with van der Waals surface area (Å²) in [5, 5.41) is 1.03. The van der Waals surface area contributed by atoms with Crippen LogP contribution in [0.4, 0.5) is 0 Å². The largest absolute Gasteiger partial charge is 0.336 e. The second-order valence-electron chi connectivity index (χ2n) is 5.85. The molecular formula is C16H24Cl3N3O. The van der Waals surface area contributed by atoms with Gasteiger partial charge in [-0.25, -0.2) is 0 Å². The molecule has 0 aliphatic carbocycles. The van der Waals surface area contributed by atoms with Crippen LogP contribution in [0.3, 0.4) is 0 Å². The van der Waals surface area contributed by atoms with E-state index in [-0.39, 0.29) is 18.3 Å². The molecule has 1 saturated heterocycles. The third-order valence-corrected chi connectivity index (χ3v) is 4.68. The molecule has 2 rings (SSSR count). The molecule has 130 valence electrons. The molecule has 0 aromatic heterocycles. The van der Waals surface area contributed by atoms with E-state index in [2.05, 4.69) is 4.90 Å². The smallest absolute Gasteiger partial charge is 0.239 e. The molecule has 1 aliphatic rings. The Morgan fingerprint density at radius 3 is 2.52 bits per heavy atom. The van der Waals surface area contributed by atoms with Crippen molar-refractivity contribution in [1.82, 2.24) is 9.80 Å². The summed E-state index contributed by atoms with van der Waals surface area (Å²) in [5.74, 6) is -0.0368. The zero-order valence-electron chi connectivity index (χ0n) is 13.3. The first kappa shape index (κ1) is 20.5. The fourth-order valence-corrected chi connectivity index (χ4v) is 3.00.